The van der Waals surface area contributed by atoms with E-state index in [1.807, 2.05) is 0 Å². The van der Waals surface area contributed by atoms with E-state index in [-0.39, 0.29) is 0 Å². The fourth-order valence-corrected chi connectivity index (χ4v) is 0.943. The third-order valence-corrected chi connectivity index (χ3v) is 1.65. The van der Waals surface area contributed by atoms with Gasteiger partial charge in [0.25, 0.3) is 0 Å². The maximum atomic E-state index is 6.69. The summed E-state index contributed by atoms with van der Waals surface area (Å²) in [6.07, 6.45) is 0. The highest BCUT2D eigenvalue weighted by molar-refractivity contribution is 7.80. The van der Waals surface area contributed by atoms with E-state index in [2.05, 4.69) is 17.5 Å². The molecule has 0 bridgehead atoms. The monoisotopic (exact) mass is 169 g/mol. The van der Waals surface area contributed by atoms with Crippen molar-refractivity contribution in [2.24, 2.45) is 0 Å². The summed E-state index contributed by atoms with van der Waals surface area (Å²) < 4.78 is 0. The van der Waals surface area contributed by atoms with Crippen LogP contribution in [0, 0.1) is 6.57 Å². The van der Waals surface area contributed by atoms with Gasteiger partial charge < -0.3 is 0 Å². The fourth-order valence-electron chi connectivity index (χ4n) is 0.587. The van der Waals surface area contributed by atoms with Gasteiger partial charge in [-0.05, 0) is 17.0 Å². The Morgan fingerprint density at radius 2 is 2.20 bits per heavy atom. The second-order valence-electron chi connectivity index (χ2n) is 1.75. The summed E-state index contributed by atoms with van der Waals surface area (Å²) in [4.78, 5) is 3.96. The van der Waals surface area contributed by atoms with Crippen LogP contribution in [0.25, 0.3) is 4.85 Å². The second kappa shape index (κ2) is 2.96. The van der Waals surface area contributed by atoms with Crippen molar-refractivity contribution in [3.63, 3.8) is 0 Å². The average Bonchev–Trinajstić information content (AvgIpc) is 1.94. The number of hydrogen-bond acceptors (Lipinski definition) is 1. The first-order chi connectivity index (χ1) is 4.74. The Kier molecular flexibility index (Phi) is 2.21. The van der Waals surface area contributed by atoms with E-state index in [0.717, 1.165) is 4.90 Å². The molecule has 0 aromatic heterocycles. The molecule has 1 nitrogen and oxygen atoms in total. The van der Waals surface area contributed by atoms with Gasteiger partial charge in [-0.25, -0.2) is 4.85 Å². The van der Waals surface area contributed by atoms with E-state index >= 15 is 0 Å². The number of thiol groups is 1. The lowest BCUT2D eigenvalue weighted by molar-refractivity contribution is 1.49. The minimum Gasteiger partial charge on any atom is -0.237 e. The SMILES string of the molecule is [C-]#[N+]c1cc(S)ccc1Cl. The Morgan fingerprint density at radius 1 is 1.50 bits per heavy atom. The van der Waals surface area contributed by atoms with E-state index in [0.29, 0.717) is 10.7 Å². The van der Waals surface area contributed by atoms with Crippen molar-refractivity contribution in [3.8, 4) is 0 Å². The normalized spacial score (nSPS) is 8.90. The quantitative estimate of drug-likeness (QED) is 0.450. The van der Waals surface area contributed by atoms with Gasteiger partial charge in [-0.3, -0.25) is 0 Å². The zero-order valence-electron chi connectivity index (χ0n) is 5.00. The zero-order valence-corrected chi connectivity index (χ0v) is 6.65. The molecular formula is C7H4ClNS. The predicted octanol–water partition coefficient (Wildman–Crippen LogP) is 3.18. The summed E-state index contributed by atoms with van der Waals surface area (Å²) in [5, 5.41) is 0.479. The van der Waals surface area contributed by atoms with Crippen LogP contribution in [0.5, 0.6) is 0 Å². The highest BCUT2D eigenvalue weighted by Gasteiger charge is 1.97. The number of benzene rings is 1. The molecule has 0 N–H and O–H groups in total. The van der Waals surface area contributed by atoms with Gasteiger partial charge in [-0.15, -0.1) is 12.6 Å². The fraction of sp³-hybridized carbons (Fsp3) is 0. The van der Waals surface area contributed by atoms with Crippen LogP contribution in [-0.4, -0.2) is 0 Å². The average molecular weight is 170 g/mol. The Bertz CT molecular complexity index is 290. The van der Waals surface area contributed by atoms with Crippen LogP contribution in [0.2, 0.25) is 5.02 Å². The molecule has 0 amide bonds. The van der Waals surface area contributed by atoms with Crippen LogP contribution in [0.3, 0.4) is 0 Å². The molecule has 1 aromatic carbocycles. The zero-order chi connectivity index (χ0) is 7.56. The van der Waals surface area contributed by atoms with Crippen molar-refractivity contribution in [2.75, 3.05) is 0 Å². The molecule has 0 atom stereocenters. The first kappa shape index (κ1) is 7.46. The number of halogens is 1. The largest absolute Gasteiger partial charge is 0.237 e. The van der Waals surface area contributed by atoms with E-state index in [9.17, 15) is 0 Å². The van der Waals surface area contributed by atoms with Gasteiger partial charge in [0.1, 0.15) is 0 Å². The molecule has 0 aliphatic carbocycles. The molecule has 0 aliphatic heterocycles. The smallest absolute Gasteiger partial charge is 0.206 e. The number of hydrogen-bond donors (Lipinski definition) is 1. The van der Waals surface area contributed by atoms with Crippen LogP contribution < -0.4 is 0 Å². The summed E-state index contributed by atoms with van der Waals surface area (Å²) >= 11 is 9.70. The van der Waals surface area contributed by atoms with E-state index in [4.69, 9.17) is 18.2 Å². The molecule has 1 rings (SSSR count). The second-order valence-corrected chi connectivity index (χ2v) is 2.67. The van der Waals surface area contributed by atoms with Gasteiger partial charge in [-0.1, -0.05) is 17.7 Å². The van der Waals surface area contributed by atoms with Gasteiger partial charge >= 0.3 is 0 Å². The van der Waals surface area contributed by atoms with E-state index < -0.39 is 0 Å². The molecule has 10 heavy (non-hydrogen) atoms. The van der Waals surface area contributed by atoms with Gasteiger partial charge in [0.2, 0.25) is 5.69 Å². The Morgan fingerprint density at radius 3 is 2.70 bits per heavy atom. The topological polar surface area (TPSA) is 4.36 Å². The van der Waals surface area contributed by atoms with Crippen LogP contribution in [0.4, 0.5) is 5.69 Å². The van der Waals surface area contributed by atoms with Gasteiger partial charge in [0.15, 0.2) is 0 Å². The molecule has 0 heterocycles. The Hall–Kier alpha value is -0.650. The van der Waals surface area contributed by atoms with Crippen molar-refractivity contribution in [3.05, 3.63) is 34.6 Å². The molecule has 0 radical (unpaired) electrons. The lowest BCUT2D eigenvalue weighted by Crippen LogP contribution is -1.66. The van der Waals surface area contributed by atoms with E-state index in [1.165, 1.54) is 0 Å². The molecule has 0 aliphatic rings. The first-order valence-electron chi connectivity index (χ1n) is 2.60. The maximum absolute atomic E-state index is 6.69. The minimum absolute atomic E-state index is 0.453. The molecule has 50 valence electrons. The molecule has 1 aromatic rings. The molecule has 0 saturated carbocycles. The maximum Gasteiger partial charge on any atom is 0.206 e. The van der Waals surface area contributed by atoms with Crippen molar-refractivity contribution < 1.29 is 0 Å². The number of rotatable bonds is 0. The van der Waals surface area contributed by atoms with Crippen LogP contribution in [-0.2, 0) is 0 Å². The third-order valence-electron chi connectivity index (χ3n) is 1.05. The van der Waals surface area contributed by atoms with Crippen molar-refractivity contribution in [2.45, 2.75) is 4.90 Å². The molecule has 3 heteroatoms. The first-order valence-corrected chi connectivity index (χ1v) is 3.42. The van der Waals surface area contributed by atoms with Gasteiger partial charge in [0.05, 0.1) is 6.57 Å². The molecule has 0 spiro atoms. The lowest BCUT2D eigenvalue weighted by atomic mass is 10.3. The van der Waals surface area contributed by atoms with Crippen LogP contribution in [0.1, 0.15) is 0 Å². The highest BCUT2D eigenvalue weighted by Crippen LogP contribution is 2.26. The summed E-state index contributed by atoms with van der Waals surface area (Å²) in [5.41, 5.74) is 0.453. The Balaban J connectivity index is 3.25. The Labute approximate surface area is 69.9 Å². The molecular weight excluding hydrogens is 166 g/mol. The van der Waals surface area contributed by atoms with Crippen LogP contribution in [0.15, 0.2) is 23.1 Å². The minimum atomic E-state index is 0.453. The summed E-state index contributed by atoms with van der Waals surface area (Å²) in [6.45, 7) is 6.69. The van der Waals surface area contributed by atoms with Crippen LogP contribution >= 0.6 is 24.2 Å². The molecule has 0 unspecified atom stereocenters. The van der Waals surface area contributed by atoms with Gasteiger partial charge in [-0.2, -0.15) is 0 Å². The molecule has 0 fully saturated rings. The predicted molar refractivity (Wildman–Crippen MR) is 45.0 cm³/mol. The van der Waals surface area contributed by atoms with E-state index in [1.54, 1.807) is 18.2 Å². The number of nitrogens with zero attached hydrogens (tertiary/aromatic N) is 1. The van der Waals surface area contributed by atoms with Crippen molar-refractivity contribution >= 4 is 29.9 Å². The summed E-state index contributed by atoms with van der Waals surface area (Å²) in [7, 11) is 0. The third kappa shape index (κ3) is 1.44. The molecule has 0 saturated heterocycles. The summed E-state index contributed by atoms with van der Waals surface area (Å²) in [5.74, 6) is 0. The van der Waals surface area contributed by atoms with Gasteiger partial charge in [0, 0.05) is 5.02 Å². The summed E-state index contributed by atoms with van der Waals surface area (Å²) in [6, 6.07) is 5.05. The standard InChI is InChI=1S/C7H4ClNS/c1-9-7-4-5(10)2-3-6(7)8/h2-4,10H. The van der Waals surface area contributed by atoms with Crippen molar-refractivity contribution in [1.82, 2.24) is 0 Å². The van der Waals surface area contributed by atoms with Crippen molar-refractivity contribution in [1.29, 1.82) is 0 Å². The lowest BCUT2D eigenvalue weighted by Gasteiger charge is -1.93. The highest BCUT2D eigenvalue weighted by atomic mass is 35.5.